The SMILES string of the molecule is CC1(CNC(=O)CCc2ccc(-c3ccccc3)o2)CC1. The Balaban J connectivity index is 1.49. The molecule has 1 amide bonds. The molecule has 1 heterocycles. The molecule has 0 saturated heterocycles. The lowest BCUT2D eigenvalue weighted by molar-refractivity contribution is -0.121. The topological polar surface area (TPSA) is 42.2 Å². The lowest BCUT2D eigenvalue weighted by Gasteiger charge is -2.09. The van der Waals surface area contributed by atoms with Crippen molar-refractivity contribution in [1.29, 1.82) is 0 Å². The van der Waals surface area contributed by atoms with Crippen LogP contribution in [0.1, 0.15) is 31.9 Å². The molecule has 1 aromatic heterocycles. The number of carbonyl (C=O) groups excluding carboxylic acids is 1. The molecule has 0 bridgehead atoms. The summed E-state index contributed by atoms with van der Waals surface area (Å²) < 4.78 is 5.80. The minimum atomic E-state index is 0.112. The van der Waals surface area contributed by atoms with Crippen LogP contribution < -0.4 is 5.32 Å². The van der Waals surface area contributed by atoms with Crippen LogP contribution in [0.5, 0.6) is 0 Å². The molecule has 0 aliphatic heterocycles. The zero-order valence-electron chi connectivity index (χ0n) is 12.4. The Morgan fingerprint density at radius 3 is 2.67 bits per heavy atom. The van der Waals surface area contributed by atoms with Crippen LogP contribution in [0.15, 0.2) is 46.9 Å². The lowest BCUT2D eigenvalue weighted by atomic mass is 10.1. The van der Waals surface area contributed by atoms with Gasteiger partial charge in [0.15, 0.2) is 0 Å². The molecule has 110 valence electrons. The number of aryl methyl sites for hydroxylation is 1. The van der Waals surface area contributed by atoms with Gasteiger partial charge in [0.05, 0.1) is 0 Å². The Labute approximate surface area is 125 Å². The summed E-state index contributed by atoms with van der Waals surface area (Å²) in [7, 11) is 0. The van der Waals surface area contributed by atoms with Crippen molar-refractivity contribution in [3.05, 3.63) is 48.2 Å². The Morgan fingerprint density at radius 2 is 1.95 bits per heavy atom. The van der Waals surface area contributed by atoms with Gasteiger partial charge >= 0.3 is 0 Å². The first kappa shape index (κ1) is 13.9. The van der Waals surface area contributed by atoms with Gasteiger partial charge in [-0.3, -0.25) is 4.79 Å². The van der Waals surface area contributed by atoms with E-state index in [1.165, 1.54) is 12.8 Å². The average Bonchev–Trinajstić information content (AvgIpc) is 3.06. The van der Waals surface area contributed by atoms with Crippen LogP contribution in [-0.4, -0.2) is 12.5 Å². The molecule has 0 atom stereocenters. The molecule has 2 aromatic rings. The van der Waals surface area contributed by atoms with Gasteiger partial charge in [-0.05, 0) is 30.4 Å². The third kappa shape index (κ3) is 3.75. The summed E-state index contributed by atoms with van der Waals surface area (Å²) in [6, 6.07) is 13.9. The Kier molecular flexibility index (Phi) is 3.82. The second-order valence-corrected chi connectivity index (χ2v) is 6.22. The fourth-order valence-electron chi connectivity index (χ4n) is 2.30. The molecule has 3 rings (SSSR count). The van der Waals surface area contributed by atoms with Gasteiger partial charge in [0.1, 0.15) is 11.5 Å². The largest absolute Gasteiger partial charge is 0.461 e. The minimum absolute atomic E-state index is 0.112. The second kappa shape index (κ2) is 5.76. The standard InChI is InChI=1S/C18H21NO2/c1-18(11-12-18)13-19-17(20)10-8-15-7-9-16(21-15)14-5-3-2-4-6-14/h2-7,9H,8,10-13H2,1H3,(H,19,20). The van der Waals surface area contributed by atoms with Crippen molar-refractivity contribution in [2.24, 2.45) is 5.41 Å². The normalized spacial score (nSPS) is 15.7. The third-order valence-corrected chi connectivity index (χ3v) is 4.13. The number of nitrogens with one attached hydrogen (secondary N) is 1. The molecule has 0 radical (unpaired) electrons. The molecule has 1 aliphatic carbocycles. The maximum Gasteiger partial charge on any atom is 0.220 e. The monoisotopic (exact) mass is 283 g/mol. The van der Waals surface area contributed by atoms with Crippen molar-refractivity contribution >= 4 is 5.91 Å². The number of furan rings is 1. The number of amides is 1. The molecule has 1 fully saturated rings. The van der Waals surface area contributed by atoms with Crippen LogP contribution in [0.25, 0.3) is 11.3 Å². The highest BCUT2D eigenvalue weighted by Crippen LogP contribution is 2.44. The van der Waals surface area contributed by atoms with Crippen molar-refractivity contribution in [3.63, 3.8) is 0 Å². The van der Waals surface area contributed by atoms with Gasteiger partial charge in [0.25, 0.3) is 0 Å². The summed E-state index contributed by atoms with van der Waals surface area (Å²) in [4.78, 5) is 11.8. The van der Waals surface area contributed by atoms with E-state index in [9.17, 15) is 4.79 Å². The van der Waals surface area contributed by atoms with E-state index in [1.807, 2.05) is 42.5 Å². The van der Waals surface area contributed by atoms with E-state index < -0.39 is 0 Å². The van der Waals surface area contributed by atoms with E-state index in [0.717, 1.165) is 23.6 Å². The summed E-state index contributed by atoms with van der Waals surface area (Å²) in [5.74, 6) is 1.83. The highest BCUT2D eigenvalue weighted by atomic mass is 16.3. The predicted octanol–water partition coefficient (Wildman–Crippen LogP) is 3.80. The van der Waals surface area contributed by atoms with Crippen LogP contribution >= 0.6 is 0 Å². The molecule has 1 aliphatic rings. The molecular formula is C18H21NO2. The van der Waals surface area contributed by atoms with E-state index in [-0.39, 0.29) is 5.91 Å². The summed E-state index contributed by atoms with van der Waals surface area (Å²) in [6.45, 7) is 3.02. The van der Waals surface area contributed by atoms with E-state index >= 15 is 0 Å². The summed E-state index contributed by atoms with van der Waals surface area (Å²) in [5, 5.41) is 3.01. The number of carbonyl (C=O) groups is 1. The summed E-state index contributed by atoms with van der Waals surface area (Å²) in [6.07, 6.45) is 3.59. The van der Waals surface area contributed by atoms with E-state index in [1.54, 1.807) is 0 Å². The fraction of sp³-hybridized carbons (Fsp3) is 0.389. The molecule has 1 N–H and O–H groups in total. The van der Waals surface area contributed by atoms with Crippen molar-refractivity contribution in [3.8, 4) is 11.3 Å². The molecule has 0 spiro atoms. The van der Waals surface area contributed by atoms with Crippen LogP contribution in [0, 0.1) is 5.41 Å². The number of rotatable bonds is 6. The van der Waals surface area contributed by atoms with Gasteiger partial charge in [-0.2, -0.15) is 0 Å². The molecule has 3 nitrogen and oxygen atoms in total. The third-order valence-electron chi connectivity index (χ3n) is 4.13. The number of hydrogen-bond acceptors (Lipinski definition) is 2. The van der Waals surface area contributed by atoms with Gasteiger partial charge < -0.3 is 9.73 Å². The van der Waals surface area contributed by atoms with Crippen molar-refractivity contribution in [2.45, 2.75) is 32.6 Å². The Morgan fingerprint density at radius 1 is 1.19 bits per heavy atom. The van der Waals surface area contributed by atoms with Crippen molar-refractivity contribution in [2.75, 3.05) is 6.54 Å². The first-order valence-electron chi connectivity index (χ1n) is 7.56. The minimum Gasteiger partial charge on any atom is -0.461 e. The zero-order chi connectivity index (χ0) is 14.7. The quantitative estimate of drug-likeness (QED) is 0.876. The highest BCUT2D eigenvalue weighted by Gasteiger charge is 2.37. The van der Waals surface area contributed by atoms with Gasteiger partial charge in [-0.15, -0.1) is 0 Å². The van der Waals surface area contributed by atoms with E-state index in [2.05, 4.69) is 12.2 Å². The fourth-order valence-corrected chi connectivity index (χ4v) is 2.30. The number of benzene rings is 1. The highest BCUT2D eigenvalue weighted by molar-refractivity contribution is 5.76. The van der Waals surface area contributed by atoms with Crippen LogP contribution in [0.2, 0.25) is 0 Å². The van der Waals surface area contributed by atoms with Crippen LogP contribution in [0.4, 0.5) is 0 Å². The van der Waals surface area contributed by atoms with E-state index in [0.29, 0.717) is 18.3 Å². The van der Waals surface area contributed by atoms with Gasteiger partial charge in [0, 0.05) is 24.9 Å². The maximum absolute atomic E-state index is 11.8. The molecule has 1 aromatic carbocycles. The smallest absolute Gasteiger partial charge is 0.220 e. The van der Waals surface area contributed by atoms with Crippen molar-refractivity contribution in [1.82, 2.24) is 5.32 Å². The molecule has 0 unspecified atom stereocenters. The van der Waals surface area contributed by atoms with Gasteiger partial charge in [-0.25, -0.2) is 0 Å². The Hall–Kier alpha value is -2.03. The summed E-state index contributed by atoms with van der Waals surface area (Å²) >= 11 is 0. The Bertz CT molecular complexity index is 611. The van der Waals surface area contributed by atoms with E-state index in [4.69, 9.17) is 4.42 Å². The first-order valence-corrected chi connectivity index (χ1v) is 7.56. The second-order valence-electron chi connectivity index (χ2n) is 6.22. The maximum atomic E-state index is 11.8. The van der Waals surface area contributed by atoms with Crippen molar-refractivity contribution < 1.29 is 9.21 Å². The summed E-state index contributed by atoms with van der Waals surface area (Å²) in [5.41, 5.74) is 1.43. The zero-order valence-corrected chi connectivity index (χ0v) is 12.4. The number of hydrogen-bond donors (Lipinski definition) is 1. The lowest BCUT2D eigenvalue weighted by Crippen LogP contribution is -2.29. The van der Waals surface area contributed by atoms with Gasteiger partial charge in [-0.1, -0.05) is 37.3 Å². The predicted molar refractivity (Wildman–Crippen MR) is 82.8 cm³/mol. The molecular weight excluding hydrogens is 262 g/mol. The van der Waals surface area contributed by atoms with Gasteiger partial charge in [0.2, 0.25) is 5.91 Å². The van der Waals surface area contributed by atoms with Crippen LogP contribution in [-0.2, 0) is 11.2 Å². The first-order chi connectivity index (χ1) is 10.1. The van der Waals surface area contributed by atoms with Crippen LogP contribution in [0.3, 0.4) is 0 Å². The molecule has 3 heteroatoms. The molecule has 1 saturated carbocycles. The average molecular weight is 283 g/mol. The molecule has 21 heavy (non-hydrogen) atoms.